The summed E-state index contributed by atoms with van der Waals surface area (Å²) in [6.07, 6.45) is 2.39. The Morgan fingerprint density at radius 1 is 1.11 bits per heavy atom. The Hall–Kier alpha value is -3.13. The predicted molar refractivity (Wildman–Crippen MR) is 151 cm³/mol. The Morgan fingerprint density at radius 2 is 1.92 bits per heavy atom. The lowest BCUT2D eigenvalue weighted by Gasteiger charge is -2.30. The van der Waals surface area contributed by atoms with Crippen LogP contribution in [0.5, 0.6) is 0 Å². The van der Waals surface area contributed by atoms with Gasteiger partial charge in [-0.15, -0.1) is 0 Å². The summed E-state index contributed by atoms with van der Waals surface area (Å²) in [6.45, 7) is 2.18. The predicted octanol–water partition coefficient (Wildman–Crippen LogP) is 6.63. The Kier molecular flexibility index (Phi) is 7.61. The largest absolute Gasteiger partial charge is 0.464 e. The summed E-state index contributed by atoms with van der Waals surface area (Å²) in [5.41, 5.74) is 3.78. The highest BCUT2D eigenvalue weighted by molar-refractivity contribution is 9.10. The average Bonchev–Trinajstić information content (AvgIpc) is 3.35. The van der Waals surface area contributed by atoms with E-state index in [4.69, 9.17) is 27.6 Å². The molecule has 3 aromatic carbocycles. The van der Waals surface area contributed by atoms with E-state index in [-0.39, 0.29) is 27.3 Å². The first-order valence-electron chi connectivity index (χ1n) is 12.0. The van der Waals surface area contributed by atoms with Gasteiger partial charge in [0, 0.05) is 28.5 Å². The van der Waals surface area contributed by atoms with E-state index in [2.05, 4.69) is 21.2 Å². The highest BCUT2D eigenvalue weighted by Gasteiger charge is 2.29. The summed E-state index contributed by atoms with van der Waals surface area (Å²) in [6, 6.07) is 15.7. The number of halogens is 3. The summed E-state index contributed by atoms with van der Waals surface area (Å²) in [7, 11) is 0. The second kappa shape index (κ2) is 10.9. The van der Waals surface area contributed by atoms with Crippen molar-refractivity contribution in [2.45, 2.75) is 32.4 Å². The standard InChI is InChI=1S/C29H23BrCl2N2O4/c1-16(35)24(12-17-3-2-4-21(30)11-17)33-28(36)26-23(31)13-20-15-34(9-7-22(20)27(26)32)29(37)19-6-5-18-8-10-38-25(18)14-19/h2-6,8,10-11,13-14,24H,7,9,12,15H2,1H3,(H,33,36)/t24-/m0/s1. The third-order valence-corrected chi connectivity index (χ3v) is 7.96. The van der Waals surface area contributed by atoms with Crippen LogP contribution in [-0.4, -0.2) is 35.1 Å². The molecule has 0 fully saturated rings. The average molecular weight is 614 g/mol. The van der Waals surface area contributed by atoms with Crippen LogP contribution in [0.4, 0.5) is 0 Å². The molecule has 2 amide bonds. The van der Waals surface area contributed by atoms with Crippen LogP contribution in [0.25, 0.3) is 11.0 Å². The third kappa shape index (κ3) is 5.37. The molecule has 0 unspecified atom stereocenters. The Bertz CT molecular complexity index is 1580. The summed E-state index contributed by atoms with van der Waals surface area (Å²) < 4.78 is 6.32. The van der Waals surface area contributed by atoms with E-state index in [1.54, 1.807) is 29.4 Å². The van der Waals surface area contributed by atoms with Gasteiger partial charge in [0.05, 0.1) is 27.9 Å². The van der Waals surface area contributed by atoms with Crippen molar-refractivity contribution >= 4 is 67.7 Å². The van der Waals surface area contributed by atoms with Crippen molar-refractivity contribution in [3.8, 4) is 0 Å². The van der Waals surface area contributed by atoms with Gasteiger partial charge in [0.25, 0.3) is 11.8 Å². The van der Waals surface area contributed by atoms with Gasteiger partial charge in [0.2, 0.25) is 0 Å². The normalized spacial score (nSPS) is 13.7. The third-order valence-electron chi connectivity index (χ3n) is 6.75. The number of rotatable bonds is 6. The fourth-order valence-electron chi connectivity index (χ4n) is 4.73. The van der Waals surface area contributed by atoms with Gasteiger partial charge in [-0.3, -0.25) is 14.4 Å². The van der Waals surface area contributed by atoms with E-state index in [0.717, 1.165) is 26.5 Å². The molecule has 4 aromatic rings. The van der Waals surface area contributed by atoms with Gasteiger partial charge in [-0.1, -0.05) is 57.3 Å². The second-order valence-corrected chi connectivity index (χ2v) is 11.0. The highest BCUT2D eigenvalue weighted by atomic mass is 79.9. The van der Waals surface area contributed by atoms with Gasteiger partial charge in [-0.05, 0) is 72.9 Å². The minimum atomic E-state index is -0.737. The van der Waals surface area contributed by atoms with E-state index in [0.29, 0.717) is 37.1 Å². The molecular weight excluding hydrogens is 591 g/mol. The molecule has 0 aliphatic carbocycles. The first kappa shape index (κ1) is 26.5. The van der Waals surface area contributed by atoms with Gasteiger partial charge in [0.15, 0.2) is 5.78 Å². The number of amides is 2. The van der Waals surface area contributed by atoms with E-state index in [1.807, 2.05) is 36.4 Å². The van der Waals surface area contributed by atoms with Crippen LogP contribution >= 0.6 is 39.1 Å². The molecule has 0 spiro atoms. The number of carbonyl (C=O) groups excluding carboxylic acids is 3. The Labute approximate surface area is 238 Å². The molecule has 5 rings (SSSR count). The topological polar surface area (TPSA) is 79.6 Å². The molecule has 9 heteroatoms. The molecule has 38 heavy (non-hydrogen) atoms. The molecule has 0 saturated heterocycles. The lowest BCUT2D eigenvalue weighted by Crippen LogP contribution is -2.42. The molecule has 0 saturated carbocycles. The fourth-order valence-corrected chi connectivity index (χ4v) is 5.94. The molecule has 1 aromatic heterocycles. The number of fused-ring (bicyclic) bond motifs is 2. The molecule has 1 N–H and O–H groups in total. The number of carbonyl (C=O) groups is 3. The SMILES string of the molecule is CC(=O)[C@H](Cc1cccc(Br)c1)NC(=O)c1c(Cl)cc2c(c1Cl)CCN(C(=O)c1ccc3ccoc3c1)C2. The first-order valence-corrected chi connectivity index (χ1v) is 13.6. The molecule has 1 aliphatic rings. The molecule has 0 bridgehead atoms. The van der Waals surface area contributed by atoms with Gasteiger partial charge in [0.1, 0.15) is 5.58 Å². The van der Waals surface area contributed by atoms with Crippen LogP contribution in [0, 0.1) is 0 Å². The van der Waals surface area contributed by atoms with Crippen molar-refractivity contribution in [3.63, 3.8) is 0 Å². The van der Waals surface area contributed by atoms with Gasteiger partial charge in [-0.25, -0.2) is 0 Å². The number of hydrogen-bond acceptors (Lipinski definition) is 4. The molecule has 0 radical (unpaired) electrons. The van der Waals surface area contributed by atoms with E-state index in [1.165, 1.54) is 6.92 Å². The maximum Gasteiger partial charge on any atom is 0.254 e. The van der Waals surface area contributed by atoms with Crippen LogP contribution in [0.3, 0.4) is 0 Å². The zero-order valence-electron chi connectivity index (χ0n) is 20.4. The van der Waals surface area contributed by atoms with Crippen molar-refractivity contribution in [1.82, 2.24) is 10.2 Å². The quantitative estimate of drug-likeness (QED) is 0.265. The van der Waals surface area contributed by atoms with Crippen LogP contribution < -0.4 is 5.32 Å². The maximum absolute atomic E-state index is 13.3. The van der Waals surface area contributed by atoms with Crippen LogP contribution in [0.2, 0.25) is 10.0 Å². The van der Waals surface area contributed by atoms with E-state index >= 15 is 0 Å². The summed E-state index contributed by atoms with van der Waals surface area (Å²) in [5.74, 6) is -0.812. The van der Waals surface area contributed by atoms with Gasteiger partial charge < -0.3 is 14.6 Å². The highest BCUT2D eigenvalue weighted by Crippen LogP contribution is 2.35. The monoisotopic (exact) mass is 612 g/mol. The number of hydrogen-bond donors (Lipinski definition) is 1. The Morgan fingerprint density at radius 3 is 2.68 bits per heavy atom. The van der Waals surface area contributed by atoms with Crippen molar-refractivity contribution in [1.29, 1.82) is 0 Å². The first-order chi connectivity index (χ1) is 18.2. The summed E-state index contributed by atoms with van der Waals surface area (Å²) in [5, 5.41) is 4.15. The number of nitrogens with one attached hydrogen (secondary N) is 1. The fraction of sp³-hybridized carbons (Fsp3) is 0.207. The smallest absolute Gasteiger partial charge is 0.254 e. The molecule has 6 nitrogen and oxygen atoms in total. The van der Waals surface area contributed by atoms with Crippen molar-refractivity contribution < 1.29 is 18.8 Å². The zero-order chi connectivity index (χ0) is 27.0. The number of furan rings is 1. The minimum absolute atomic E-state index is 0.125. The lowest BCUT2D eigenvalue weighted by atomic mass is 9.95. The zero-order valence-corrected chi connectivity index (χ0v) is 23.5. The van der Waals surface area contributed by atoms with Crippen LogP contribution in [0.1, 0.15) is 44.3 Å². The van der Waals surface area contributed by atoms with Crippen LogP contribution in [0.15, 0.2) is 69.8 Å². The van der Waals surface area contributed by atoms with Gasteiger partial charge >= 0.3 is 0 Å². The molecule has 1 atom stereocenters. The van der Waals surface area contributed by atoms with Crippen molar-refractivity contribution in [2.75, 3.05) is 6.54 Å². The van der Waals surface area contributed by atoms with Gasteiger partial charge in [-0.2, -0.15) is 0 Å². The number of Topliss-reactive ketones (excluding diaryl/α,β-unsaturated/α-hetero) is 1. The lowest BCUT2D eigenvalue weighted by molar-refractivity contribution is -0.118. The van der Waals surface area contributed by atoms with E-state index in [9.17, 15) is 14.4 Å². The van der Waals surface area contributed by atoms with Crippen LogP contribution in [-0.2, 0) is 24.2 Å². The molecular formula is C29H23BrCl2N2O4. The number of nitrogens with zero attached hydrogens (tertiary/aromatic N) is 1. The summed E-state index contributed by atoms with van der Waals surface area (Å²) in [4.78, 5) is 40.5. The van der Waals surface area contributed by atoms with Crippen molar-refractivity contribution in [2.24, 2.45) is 0 Å². The summed E-state index contributed by atoms with van der Waals surface area (Å²) >= 11 is 16.7. The second-order valence-electron chi connectivity index (χ2n) is 9.31. The number of benzene rings is 3. The van der Waals surface area contributed by atoms with E-state index < -0.39 is 11.9 Å². The minimum Gasteiger partial charge on any atom is -0.464 e. The number of ketones is 1. The molecule has 1 aliphatic heterocycles. The molecule has 2 heterocycles. The van der Waals surface area contributed by atoms with Crippen molar-refractivity contribution in [3.05, 3.63) is 103 Å². The maximum atomic E-state index is 13.3. The Balaban J connectivity index is 1.35. The molecule has 194 valence electrons.